The van der Waals surface area contributed by atoms with Crippen LogP contribution in [-0.2, 0) is 5.41 Å². The summed E-state index contributed by atoms with van der Waals surface area (Å²) in [5.74, 6) is 0. The van der Waals surface area contributed by atoms with Crippen molar-refractivity contribution in [3.63, 3.8) is 0 Å². The molecular weight excluding hydrogens is 661 g/mol. The zero-order chi connectivity index (χ0) is 38.3. The monoisotopic (exact) mass is 710 g/mol. The highest BCUT2D eigenvalue weighted by molar-refractivity contribution is 5.93. The minimum atomic E-state index is -0.321. The summed E-state index contributed by atoms with van der Waals surface area (Å²) in [7, 11) is 0. The molecule has 270 valence electrons. The highest BCUT2D eigenvalue weighted by atomic mass is 14.4. The Morgan fingerprint density at radius 1 is 0.455 bits per heavy atom. The predicted octanol–water partition coefficient (Wildman–Crippen LogP) is 14.7. The fraction of sp³-hybridized carbons (Fsp3) is 0.0909. The summed E-state index contributed by atoms with van der Waals surface area (Å²) in [6.45, 7) is 15.7. The molecule has 0 aliphatic heterocycles. The van der Waals surface area contributed by atoms with E-state index >= 15 is 0 Å². The zero-order valence-electron chi connectivity index (χ0n) is 31.9. The van der Waals surface area contributed by atoms with Gasteiger partial charge in [-0.15, -0.1) is 0 Å². The van der Waals surface area contributed by atoms with Crippen LogP contribution in [0.1, 0.15) is 58.2 Å². The summed E-state index contributed by atoms with van der Waals surface area (Å²) >= 11 is 0. The molecule has 0 radical (unpaired) electrons. The van der Waals surface area contributed by atoms with Crippen LogP contribution in [0.4, 0.5) is 0 Å². The molecule has 0 heteroatoms. The molecule has 3 aromatic rings. The first-order chi connectivity index (χ1) is 27.0. The smallest absolute Gasteiger partial charge is 0.0284 e. The molecule has 0 saturated heterocycles. The fourth-order valence-corrected chi connectivity index (χ4v) is 7.42. The average Bonchev–Trinajstić information content (AvgIpc) is 3.58. The summed E-state index contributed by atoms with van der Waals surface area (Å²) in [5.41, 5.74) is 14.2. The third kappa shape index (κ3) is 9.55. The lowest BCUT2D eigenvalue weighted by atomic mass is 9.65. The summed E-state index contributed by atoms with van der Waals surface area (Å²) < 4.78 is 0. The van der Waals surface area contributed by atoms with Crippen LogP contribution in [0.25, 0.3) is 22.3 Å². The molecule has 0 amide bonds. The van der Waals surface area contributed by atoms with Gasteiger partial charge in [0.05, 0.1) is 0 Å². The van der Waals surface area contributed by atoms with Crippen LogP contribution in [0, 0.1) is 6.92 Å². The maximum Gasteiger partial charge on any atom is 0.0284 e. The van der Waals surface area contributed by atoms with E-state index in [2.05, 4.69) is 142 Å². The van der Waals surface area contributed by atoms with E-state index in [-0.39, 0.29) is 5.41 Å². The van der Waals surface area contributed by atoms with E-state index in [1.165, 1.54) is 44.5 Å². The molecule has 2 bridgehead atoms. The summed E-state index contributed by atoms with van der Waals surface area (Å²) in [4.78, 5) is 0. The molecular formula is C55H50. The Bertz CT molecular complexity index is 2180. The van der Waals surface area contributed by atoms with Gasteiger partial charge in [-0.2, -0.15) is 0 Å². The summed E-state index contributed by atoms with van der Waals surface area (Å²) in [5, 5.41) is 0. The second kappa shape index (κ2) is 19.0. The average molecular weight is 711 g/mol. The van der Waals surface area contributed by atoms with Crippen LogP contribution in [0.3, 0.4) is 0 Å². The third-order valence-corrected chi connectivity index (χ3v) is 10.3. The van der Waals surface area contributed by atoms with Crippen molar-refractivity contribution in [2.75, 3.05) is 0 Å². The SMILES string of the molecule is C1=C\C=C\C=C/C=C\C=C\C=C\C=C\C=C/1.C=C1/C=C\C=C2/C/C(=C\CC3(C/C=C\C=C/C(=C)c4ccc(C)cc43)c3ccccc3C1=C)c1ccccc12. The normalized spacial score (nSPS) is 27.4. The Morgan fingerprint density at radius 3 is 1.58 bits per heavy atom. The number of hydrogen-bond acceptors (Lipinski definition) is 0. The Morgan fingerprint density at radius 2 is 0.982 bits per heavy atom. The van der Waals surface area contributed by atoms with Gasteiger partial charge in [-0.25, -0.2) is 0 Å². The van der Waals surface area contributed by atoms with Gasteiger partial charge < -0.3 is 0 Å². The van der Waals surface area contributed by atoms with Crippen molar-refractivity contribution in [3.05, 3.63) is 277 Å². The Hall–Kier alpha value is -6.50. The largest absolute Gasteiger partial charge is 0.0912 e. The molecule has 7 rings (SSSR count). The minimum absolute atomic E-state index is 0.321. The Balaban J connectivity index is 0.000000271. The number of aryl methyl sites for hydroxylation is 1. The molecule has 0 saturated carbocycles. The fourth-order valence-electron chi connectivity index (χ4n) is 7.42. The van der Waals surface area contributed by atoms with Crippen LogP contribution in [0.15, 0.2) is 238 Å². The van der Waals surface area contributed by atoms with E-state index in [1.807, 2.05) is 97.2 Å². The van der Waals surface area contributed by atoms with E-state index in [1.54, 1.807) is 0 Å². The molecule has 3 aromatic carbocycles. The molecule has 4 aliphatic carbocycles. The van der Waals surface area contributed by atoms with Gasteiger partial charge in [-0.3, -0.25) is 0 Å². The van der Waals surface area contributed by atoms with Crippen molar-refractivity contribution in [2.45, 2.75) is 31.6 Å². The molecule has 0 nitrogen and oxygen atoms in total. The van der Waals surface area contributed by atoms with Gasteiger partial charge in [0, 0.05) is 5.41 Å². The predicted molar refractivity (Wildman–Crippen MR) is 242 cm³/mol. The first kappa shape index (κ1) is 38.2. The highest BCUT2D eigenvalue weighted by Gasteiger charge is 2.38. The van der Waals surface area contributed by atoms with Crippen LogP contribution in [0.5, 0.6) is 0 Å². The van der Waals surface area contributed by atoms with E-state index in [9.17, 15) is 0 Å². The lowest BCUT2D eigenvalue weighted by Gasteiger charge is -2.38. The minimum Gasteiger partial charge on any atom is -0.0912 e. The Kier molecular flexibility index (Phi) is 13.2. The number of fused-ring (bicyclic) bond motifs is 9. The van der Waals surface area contributed by atoms with Gasteiger partial charge in [0.1, 0.15) is 0 Å². The van der Waals surface area contributed by atoms with Crippen LogP contribution in [0.2, 0.25) is 0 Å². The van der Waals surface area contributed by atoms with Crippen molar-refractivity contribution in [1.82, 2.24) is 0 Å². The van der Waals surface area contributed by atoms with Crippen molar-refractivity contribution in [2.24, 2.45) is 0 Å². The van der Waals surface area contributed by atoms with E-state index in [0.29, 0.717) is 0 Å². The molecule has 1 spiro atoms. The quantitative estimate of drug-likeness (QED) is 0.218. The van der Waals surface area contributed by atoms with Crippen molar-refractivity contribution in [1.29, 1.82) is 0 Å². The standard InChI is InChI=1S/C39H34.C16H16/c1-27-20-21-33-29(3)13-6-5-11-23-39(38(33)25-27)24-22-32-26-31(35-17-7-8-18-36(32)35)15-12-14-28(2)30(4)34-16-9-10-19-37(34)39;1-2-4-6-8-10-12-14-16-15-13-11-9-7-5-3-1/h5-22,25H,2-4,23-24,26H2,1H3;1-16H/b11-5-,13-6-,14-12-,31-15+,32-22+;2-1-,3-1?,4-2?,5-3-,6-4+,7-5?,8-6?,9-7+,10-8-,11-9?,12-10?,13-11+,14-12-,15-13?,16-14?,16-15+. The molecule has 0 fully saturated rings. The van der Waals surface area contributed by atoms with Gasteiger partial charge >= 0.3 is 0 Å². The number of rotatable bonds is 0. The van der Waals surface area contributed by atoms with E-state index < -0.39 is 0 Å². The van der Waals surface area contributed by atoms with E-state index in [0.717, 1.165) is 41.5 Å². The van der Waals surface area contributed by atoms with Crippen LogP contribution >= 0.6 is 0 Å². The highest BCUT2D eigenvalue weighted by Crippen LogP contribution is 2.49. The molecule has 1 atom stereocenters. The molecule has 1 unspecified atom stereocenters. The first-order valence-corrected chi connectivity index (χ1v) is 19.1. The lowest BCUT2D eigenvalue weighted by Crippen LogP contribution is -2.30. The van der Waals surface area contributed by atoms with Crippen LogP contribution < -0.4 is 0 Å². The molecule has 0 N–H and O–H groups in total. The maximum absolute atomic E-state index is 4.56. The first-order valence-electron chi connectivity index (χ1n) is 19.1. The van der Waals surface area contributed by atoms with Gasteiger partial charge in [0.15, 0.2) is 0 Å². The number of hydrogen-bond donors (Lipinski definition) is 0. The Labute approximate surface area is 329 Å². The molecule has 55 heavy (non-hydrogen) atoms. The van der Waals surface area contributed by atoms with Gasteiger partial charge in [0.25, 0.3) is 0 Å². The maximum atomic E-state index is 4.56. The van der Waals surface area contributed by atoms with Crippen molar-refractivity contribution < 1.29 is 0 Å². The third-order valence-electron chi connectivity index (χ3n) is 10.3. The lowest BCUT2D eigenvalue weighted by molar-refractivity contribution is 0.526. The second-order valence-electron chi connectivity index (χ2n) is 14.0. The molecule has 0 aromatic heterocycles. The zero-order valence-corrected chi connectivity index (χ0v) is 31.9. The van der Waals surface area contributed by atoms with Crippen LogP contribution in [-0.4, -0.2) is 0 Å². The molecule has 4 aliphatic rings. The van der Waals surface area contributed by atoms with E-state index in [4.69, 9.17) is 0 Å². The van der Waals surface area contributed by atoms with Gasteiger partial charge in [0.2, 0.25) is 0 Å². The number of benzene rings is 3. The van der Waals surface area contributed by atoms with Gasteiger partial charge in [-0.1, -0.05) is 238 Å². The van der Waals surface area contributed by atoms with Gasteiger partial charge in [-0.05, 0) is 87.4 Å². The second-order valence-corrected chi connectivity index (χ2v) is 14.0. The topological polar surface area (TPSA) is 0 Å². The summed E-state index contributed by atoms with van der Waals surface area (Å²) in [6, 6.07) is 24.5. The number of allylic oxidation sites excluding steroid dienone is 29. The van der Waals surface area contributed by atoms with Crippen molar-refractivity contribution >= 4 is 22.3 Å². The summed E-state index contributed by atoms with van der Waals surface area (Å²) in [6.07, 6.45) is 52.4. The van der Waals surface area contributed by atoms with Crippen molar-refractivity contribution in [3.8, 4) is 0 Å². The molecule has 0 heterocycles.